The van der Waals surface area contributed by atoms with Crippen LogP contribution in [-0.2, 0) is 13.5 Å². The smallest absolute Gasteiger partial charge is 0.0955 e. The van der Waals surface area contributed by atoms with Gasteiger partial charge < -0.3 is 9.88 Å². The van der Waals surface area contributed by atoms with Crippen LogP contribution in [0.25, 0.3) is 11.0 Å². The van der Waals surface area contributed by atoms with Gasteiger partial charge in [0.1, 0.15) is 0 Å². The Morgan fingerprint density at radius 2 is 2.24 bits per heavy atom. The van der Waals surface area contributed by atoms with Gasteiger partial charge in [0.05, 0.1) is 17.4 Å². The van der Waals surface area contributed by atoms with Crippen molar-refractivity contribution in [1.82, 2.24) is 14.9 Å². The van der Waals surface area contributed by atoms with Crippen LogP contribution >= 0.6 is 12.6 Å². The van der Waals surface area contributed by atoms with Crippen molar-refractivity contribution in [2.24, 2.45) is 7.05 Å². The monoisotopic (exact) mass is 249 g/mol. The van der Waals surface area contributed by atoms with Gasteiger partial charge in [-0.3, -0.25) is 0 Å². The summed E-state index contributed by atoms with van der Waals surface area (Å²) in [5.74, 6) is 0.951. The Balaban J connectivity index is 1.91. The third-order valence-electron chi connectivity index (χ3n) is 2.89. The number of rotatable bonds is 6. The van der Waals surface area contributed by atoms with E-state index in [0.717, 1.165) is 37.2 Å². The molecule has 3 nitrogen and oxygen atoms in total. The van der Waals surface area contributed by atoms with E-state index in [0.29, 0.717) is 0 Å². The zero-order chi connectivity index (χ0) is 12.1. The minimum absolute atomic E-state index is 0.951. The maximum absolute atomic E-state index is 4.37. The Kier molecular flexibility index (Phi) is 4.45. The lowest BCUT2D eigenvalue weighted by atomic mass is 10.1. The average molecular weight is 249 g/mol. The fourth-order valence-corrected chi connectivity index (χ4v) is 2.06. The van der Waals surface area contributed by atoms with Gasteiger partial charge in [-0.15, -0.1) is 0 Å². The summed E-state index contributed by atoms with van der Waals surface area (Å²) < 4.78 is 2.05. The first-order valence-corrected chi connectivity index (χ1v) is 6.66. The maximum Gasteiger partial charge on any atom is 0.0955 e. The first kappa shape index (κ1) is 12.5. The van der Waals surface area contributed by atoms with E-state index in [1.807, 2.05) is 17.9 Å². The van der Waals surface area contributed by atoms with Crippen molar-refractivity contribution in [2.75, 3.05) is 18.8 Å². The standard InChI is InChI=1S/C13H19N3S/c1-16-10-15-12-9-11(3-4-13(12)16)5-7-14-6-2-8-17/h3-4,9-10,14,17H,2,5-8H2,1H3. The van der Waals surface area contributed by atoms with E-state index in [4.69, 9.17) is 0 Å². The van der Waals surface area contributed by atoms with Gasteiger partial charge in [-0.2, -0.15) is 12.6 Å². The van der Waals surface area contributed by atoms with E-state index < -0.39 is 0 Å². The number of benzene rings is 1. The lowest BCUT2D eigenvalue weighted by Crippen LogP contribution is -2.18. The lowest BCUT2D eigenvalue weighted by molar-refractivity contribution is 0.675. The summed E-state index contributed by atoms with van der Waals surface area (Å²) in [7, 11) is 2.02. The second kappa shape index (κ2) is 6.07. The first-order chi connectivity index (χ1) is 8.31. The van der Waals surface area contributed by atoms with Gasteiger partial charge in [0.25, 0.3) is 0 Å². The lowest BCUT2D eigenvalue weighted by Gasteiger charge is -2.04. The van der Waals surface area contributed by atoms with Crippen molar-refractivity contribution in [3.05, 3.63) is 30.1 Å². The fourth-order valence-electron chi connectivity index (χ4n) is 1.90. The second-order valence-corrected chi connectivity index (χ2v) is 4.70. The molecule has 0 atom stereocenters. The summed E-state index contributed by atoms with van der Waals surface area (Å²) in [5, 5.41) is 3.41. The van der Waals surface area contributed by atoms with Crippen LogP contribution in [0.1, 0.15) is 12.0 Å². The Hall–Kier alpha value is -1.00. The zero-order valence-corrected chi connectivity index (χ0v) is 11.1. The Labute approximate surface area is 108 Å². The molecule has 0 aliphatic carbocycles. The van der Waals surface area contributed by atoms with Crippen molar-refractivity contribution >= 4 is 23.7 Å². The van der Waals surface area contributed by atoms with Gasteiger partial charge in [0, 0.05) is 7.05 Å². The van der Waals surface area contributed by atoms with E-state index in [-0.39, 0.29) is 0 Å². The summed E-state index contributed by atoms with van der Waals surface area (Å²) in [6, 6.07) is 6.51. The van der Waals surface area contributed by atoms with Crippen molar-refractivity contribution in [3.8, 4) is 0 Å². The van der Waals surface area contributed by atoms with Crippen LogP contribution in [0.5, 0.6) is 0 Å². The molecule has 0 bridgehead atoms. The van der Waals surface area contributed by atoms with Crippen molar-refractivity contribution < 1.29 is 0 Å². The Morgan fingerprint density at radius 1 is 1.35 bits per heavy atom. The number of nitrogens with zero attached hydrogens (tertiary/aromatic N) is 2. The van der Waals surface area contributed by atoms with Crippen LogP contribution < -0.4 is 5.32 Å². The van der Waals surface area contributed by atoms with Crippen LogP contribution in [0.4, 0.5) is 0 Å². The van der Waals surface area contributed by atoms with E-state index in [9.17, 15) is 0 Å². The summed E-state index contributed by atoms with van der Waals surface area (Å²) in [6.45, 7) is 2.07. The number of aromatic nitrogens is 2. The minimum atomic E-state index is 0.951. The van der Waals surface area contributed by atoms with E-state index in [1.54, 1.807) is 0 Å². The molecule has 1 N–H and O–H groups in total. The number of nitrogens with one attached hydrogen (secondary N) is 1. The first-order valence-electron chi connectivity index (χ1n) is 6.03. The van der Waals surface area contributed by atoms with Gasteiger partial charge in [0.2, 0.25) is 0 Å². The second-order valence-electron chi connectivity index (χ2n) is 4.26. The molecule has 0 spiro atoms. The molecule has 4 heteroatoms. The molecule has 0 saturated carbocycles. The van der Waals surface area contributed by atoms with Crippen LogP contribution in [0.2, 0.25) is 0 Å². The molecule has 0 radical (unpaired) electrons. The molecule has 0 amide bonds. The number of fused-ring (bicyclic) bond motifs is 1. The SMILES string of the molecule is Cn1cnc2cc(CCNCCCS)ccc21. The predicted molar refractivity (Wildman–Crippen MR) is 75.8 cm³/mol. The zero-order valence-electron chi connectivity index (χ0n) is 10.2. The van der Waals surface area contributed by atoms with Crippen LogP contribution in [-0.4, -0.2) is 28.4 Å². The molecule has 1 heterocycles. The highest BCUT2D eigenvalue weighted by molar-refractivity contribution is 7.80. The normalized spacial score (nSPS) is 11.2. The number of thiol groups is 1. The highest BCUT2D eigenvalue weighted by Crippen LogP contribution is 2.13. The third kappa shape index (κ3) is 3.23. The molecule has 2 rings (SSSR count). The van der Waals surface area contributed by atoms with E-state index >= 15 is 0 Å². The van der Waals surface area contributed by atoms with E-state index in [2.05, 4.69) is 41.1 Å². The van der Waals surface area contributed by atoms with Gasteiger partial charge >= 0.3 is 0 Å². The average Bonchev–Trinajstić information content (AvgIpc) is 2.71. The highest BCUT2D eigenvalue weighted by atomic mass is 32.1. The molecule has 92 valence electrons. The van der Waals surface area contributed by atoms with Crippen molar-refractivity contribution in [1.29, 1.82) is 0 Å². The molecule has 0 aliphatic heterocycles. The molecule has 0 unspecified atom stereocenters. The predicted octanol–water partition coefficient (Wildman–Crippen LogP) is 2.03. The number of hydrogen-bond donors (Lipinski definition) is 2. The minimum Gasteiger partial charge on any atom is -0.334 e. The van der Waals surface area contributed by atoms with Crippen molar-refractivity contribution in [2.45, 2.75) is 12.8 Å². The number of hydrogen-bond acceptors (Lipinski definition) is 3. The fraction of sp³-hybridized carbons (Fsp3) is 0.462. The Morgan fingerprint density at radius 3 is 3.06 bits per heavy atom. The van der Waals surface area contributed by atoms with E-state index in [1.165, 1.54) is 11.1 Å². The molecule has 0 fully saturated rings. The quantitative estimate of drug-likeness (QED) is 0.606. The summed E-state index contributed by atoms with van der Waals surface area (Å²) in [6.07, 6.45) is 4.04. The van der Waals surface area contributed by atoms with Gasteiger partial charge in [-0.1, -0.05) is 6.07 Å². The maximum atomic E-state index is 4.37. The summed E-state index contributed by atoms with van der Waals surface area (Å²) >= 11 is 4.18. The molecular weight excluding hydrogens is 230 g/mol. The number of imidazole rings is 1. The van der Waals surface area contributed by atoms with Gasteiger partial charge in [0.15, 0.2) is 0 Å². The van der Waals surface area contributed by atoms with Crippen LogP contribution in [0, 0.1) is 0 Å². The van der Waals surface area contributed by atoms with Crippen molar-refractivity contribution in [3.63, 3.8) is 0 Å². The molecule has 1 aromatic carbocycles. The van der Waals surface area contributed by atoms with Crippen LogP contribution in [0.3, 0.4) is 0 Å². The Bertz CT molecular complexity index is 478. The molecular formula is C13H19N3S. The molecule has 17 heavy (non-hydrogen) atoms. The summed E-state index contributed by atoms with van der Waals surface area (Å²) in [4.78, 5) is 4.37. The number of aryl methyl sites for hydroxylation is 1. The molecule has 1 aromatic heterocycles. The largest absolute Gasteiger partial charge is 0.334 e. The van der Waals surface area contributed by atoms with Gasteiger partial charge in [-0.25, -0.2) is 4.98 Å². The summed E-state index contributed by atoms with van der Waals surface area (Å²) in [5.41, 5.74) is 3.62. The molecule has 0 saturated heterocycles. The third-order valence-corrected chi connectivity index (χ3v) is 3.21. The highest BCUT2D eigenvalue weighted by Gasteiger charge is 2.00. The topological polar surface area (TPSA) is 29.9 Å². The molecule has 2 aromatic rings. The molecule has 0 aliphatic rings. The van der Waals surface area contributed by atoms with Crippen LogP contribution in [0.15, 0.2) is 24.5 Å². The van der Waals surface area contributed by atoms with Gasteiger partial charge in [-0.05, 0) is 49.4 Å².